The highest BCUT2D eigenvalue weighted by atomic mass is 19.4. The van der Waals surface area contributed by atoms with E-state index in [-0.39, 0.29) is 25.3 Å². The molecule has 0 unspecified atom stereocenters. The number of benzene rings is 1. The molecule has 5 nitrogen and oxygen atoms in total. The van der Waals surface area contributed by atoms with Gasteiger partial charge in [-0.2, -0.15) is 13.2 Å². The third kappa shape index (κ3) is 3.43. The van der Waals surface area contributed by atoms with Crippen LogP contribution >= 0.6 is 0 Å². The summed E-state index contributed by atoms with van der Waals surface area (Å²) in [6.45, 7) is 0.141. The van der Waals surface area contributed by atoms with Gasteiger partial charge in [0.25, 0.3) is 0 Å². The summed E-state index contributed by atoms with van der Waals surface area (Å²) in [5, 5.41) is 13.6. The van der Waals surface area contributed by atoms with Gasteiger partial charge in [0.1, 0.15) is 6.26 Å². The van der Waals surface area contributed by atoms with Gasteiger partial charge in [0, 0.05) is 12.6 Å². The number of hydrogen-bond acceptors (Lipinski definition) is 4. The summed E-state index contributed by atoms with van der Waals surface area (Å²) in [6, 6.07) is 5.78. The van der Waals surface area contributed by atoms with Gasteiger partial charge < -0.3 is 14.5 Å². The van der Waals surface area contributed by atoms with E-state index in [4.69, 9.17) is 0 Å². The minimum atomic E-state index is -4.41. The van der Waals surface area contributed by atoms with E-state index in [9.17, 15) is 23.1 Å². The van der Waals surface area contributed by atoms with Crippen LogP contribution in [0.3, 0.4) is 0 Å². The van der Waals surface area contributed by atoms with Crippen LogP contribution in [0.25, 0.3) is 0 Å². The lowest BCUT2D eigenvalue weighted by Crippen LogP contribution is -2.33. The zero-order valence-corrected chi connectivity index (χ0v) is 12.5. The first-order chi connectivity index (χ1) is 11.3. The number of rotatable bonds is 3. The van der Waals surface area contributed by atoms with E-state index in [1.165, 1.54) is 23.3 Å². The SMILES string of the molecule is O=C(Cc1ccon1)N1C[C@H](O)C[C@H]1c1ccc(C(F)(F)F)cc1. The lowest BCUT2D eigenvalue weighted by atomic mass is 10.0. The Bertz CT molecular complexity index is 698. The Morgan fingerprint density at radius 2 is 2.00 bits per heavy atom. The number of aromatic nitrogens is 1. The van der Waals surface area contributed by atoms with Crippen LogP contribution in [0.1, 0.15) is 29.3 Å². The highest BCUT2D eigenvalue weighted by Crippen LogP contribution is 2.35. The molecule has 1 fully saturated rings. The van der Waals surface area contributed by atoms with E-state index in [1.54, 1.807) is 6.07 Å². The van der Waals surface area contributed by atoms with Gasteiger partial charge in [-0.05, 0) is 24.1 Å². The molecule has 1 amide bonds. The normalized spacial score (nSPS) is 21.2. The summed E-state index contributed by atoms with van der Waals surface area (Å²) >= 11 is 0. The molecule has 1 aliphatic rings. The predicted octanol–water partition coefficient (Wildman–Crippen LogP) is 2.57. The number of hydrogen-bond donors (Lipinski definition) is 1. The number of alkyl halides is 3. The number of nitrogens with zero attached hydrogens (tertiary/aromatic N) is 2. The van der Waals surface area contributed by atoms with Crippen molar-refractivity contribution < 1.29 is 27.6 Å². The van der Waals surface area contributed by atoms with Crippen molar-refractivity contribution in [1.29, 1.82) is 0 Å². The van der Waals surface area contributed by atoms with Crippen molar-refractivity contribution in [2.24, 2.45) is 0 Å². The van der Waals surface area contributed by atoms with Crippen LogP contribution < -0.4 is 0 Å². The zero-order chi connectivity index (χ0) is 17.3. The second-order valence-corrected chi connectivity index (χ2v) is 5.74. The largest absolute Gasteiger partial charge is 0.416 e. The molecule has 1 aliphatic heterocycles. The second-order valence-electron chi connectivity index (χ2n) is 5.74. The monoisotopic (exact) mass is 340 g/mol. The van der Waals surface area contributed by atoms with Gasteiger partial charge >= 0.3 is 6.18 Å². The molecule has 128 valence electrons. The van der Waals surface area contributed by atoms with E-state index < -0.39 is 23.9 Å². The zero-order valence-electron chi connectivity index (χ0n) is 12.5. The summed E-state index contributed by atoms with van der Waals surface area (Å²) in [5.74, 6) is -0.259. The molecule has 1 aromatic heterocycles. The third-order valence-electron chi connectivity index (χ3n) is 4.05. The Hall–Kier alpha value is -2.35. The lowest BCUT2D eigenvalue weighted by molar-refractivity contribution is -0.137. The molecule has 1 saturated heterocycles. The molecule has 3 rings (SSSR count). The Labute approximate surface area is 135 Å². The maximum atomic E-state index is 12.7. The molecule has 0 spiro atoms. The van der Waals surface area contributed by atoms with E-state index in [1.807, 2.05) is 0 Å². The van der Waals surface area contributed by atoms with Crippen LogP contribution in [0.4, 0.5) is 13.2 Å². The maximum Gasteiger partial charge on any atom is 0.416 e. The van der Waals surface area contributed by atoms with Gasteiger partial charge in [0.2, 0.25) is 5.91 Å². The topological polar surface area (TPSA) is 66.6 Å². The van der Waals surface area contributed by atoms with Crippen molar-refractivity contribution >= 4 is 5.91 Å². The Balaban J connectivity index is 1.78. The first-order valence-corrected chi connectivity index (χ1v) is 7.38. The Morgan fingerprint density at radius 1 is 1.29 bits per heavy atom. The fraction of sp³-hybridized carbons (Fsp3) is 0.375. The van der Waals surface area contributed by atoms with Crippen LogP contribution in [0.5, 0.6) is 0 Å². The summed E-state index contributed by atoms with van der Waals surface area (Å²) in [4.78, 5) is 13.9. The molecule has 2 heterocycles. The van der Waals surface area contributed by atoms with Crippen LogP contribution in [-0.4, -0.2) is 33.7 Å². The number of aliphatic hydroxyl groups excluding tert-OH is 1. The molecule has 8 heteroatoms. The average molecular weight is 340 g/mol. The number of carbonyl (C=O) groups excluding carboxylic acids is 1. The maximum absolute atomic E-state index is 12.7. The quantitative estimate of drug-likeness (QED) is 0.933. The van der Waals surface area contributed by atoms with Crippen molar-refractivity contribution in [1.82, 2.24) is 10.1 Å². The van der Waals surface area contributed by atoms with Gasteiger partial charge in [0.15, 0.2) is 0 Å². The van der Waals surface area contributed by atoms with Crippen molar-refractivity contribution in [3.63, 3.8) is 0 Å². The predicted molar refractivity (Wildman–Crippen MR) is 76.7 cm³/mol. The fourth-order valence-electron chi connectivity index (χ4n) is 2.88. The van der Waals surface area contributed by atoms with Crippen LogP contribution in [0.2, 0.25) is 0 Å². The highest BCUT2D eigenvalue weighted by molar-refractivity contribution is 5.79. The number of carbonyl (C=O) groups is 1. The number of β-amino-alcohol motifs (C(OH)–C–C–N with tert-alkyl or cyclic N) is 1. The Morgan fingerprint density at radius 3 is 2.58 bits per heavy atom. The molecule has 2 aromatic rings. The molecular weight excluding hydrogens is 325 g/mol. The van der Waals surface area contributed by atoms with Gasteiger partial charge in [0.05, 0.1) is 29.8 Å². The van der Waals surface area contributed by atoms with Crippen molar-refractivity contribution in [2.45, 2.75) is 31.2 Å². The summed E-state index contributed by atoms with van der Waals surface area (Å²) in [7, 11) is 0. The third-order valence-corrected chi connectivity index (χ3v) is 4.05. The molecule has 0 radical (unpaired) electrons. The van der Waals surface area contributed by atoms with E-state index >= 15 is 0 Å². The number of amides is 1. The van der Waals surface area contributed by atoms with Crippen LogP contribution in [0.15, 0.2) is 41.1 Å². The standard InChI is InChI=1S/C16H15F3N2O3/c17-16(18,19)11-3-1-10(2-4-11)14-8-13(22)9-21(14)15(23)7-12-5-6-24-20-12/h1-6,13-14,22H,7-9H2/t13-,14+/m1/s1. The lowest BCUT2D eigenvalue weighted by Gasteiger charge is -2.24. The Kier molecular flexibility index (Phi) is 4.31. The molecule has 0 bridgehead atoms. The van der Waals surface area contributed by atoms with Crippen LogP contribution in [0, 0.1) is 0 Å². The summed E-state index contributed by atoms with van der Waals surface area (Å²) in [5.41, 5.74) is 0.283. The fourth-order valence-corrected chi connectivity index (χ4v) is 2.88. The number of aliphatic hydroxyl groups is 1. The van der Waals surface area contributed by atoms with E-state index in [2.05, 4.69) is 9.68 Å². The molecule has 1 N–H and O–H groups in total. The molecule has 0 aliphatic carbocycles. The van der Waals surface area contributed by atoms with Crippen molar-refractivity contribution in [3.8, 4) is 0 Å². The minimum Gasteiger partial charge on any atom is -0.391 e. The van der Waals surface area contributed by atoms with Gasteiger partial charge in [-0.3, -0.25) is 4.79 Å². The molecule has 24 heavy (non-hydrogen) atoms. The molecule has 2 atom stereocenters. The first kappa shape index (κ1) is 16.5. The minimum absolute atomic E-state index is 0.0142. The van der Waals surface area contributed by atoms with E-state index in [0.717, 1.165) is 12.1 Å². The number of likely N-dealkylation sites (tertiary alicyclic amines) is 1. The summed E-state index contributed by atoms with van der Waals surface area (Å²) in [6.07, 6.45) is -3.46. The van der Waals surface area contributed by atoms with Gasteiger partial charge in [-0.1, -0.05) is 17.3 Å². The first-order valence-electron chi connectivity index (χ1n) is 7.38. The summed E-state index contributed by atoms with van der Waals surface area (Å²) < 4.78 is 42.6. The molecule has 1 aromatic carbocycles. The van der Waals surface area contributed by atoms with Crippen molar-refractivity contribution in [3.05, 3.63) is 53.4 Å². The van der Waals surface area contributed by atoms with Crippen LogP contribution in [-0.2, 0) is 17.4 Å². The van der Waals surface area contributed by atoms with Gasteiger partial charge in [-0.25, -0.2) is 0 Å². The highest BCUT2D eigenvalue weighted by Gasteiger charge is 2.36. The smallest absolute Gasteiger partial charge is 0.391 e. The molecule has 0 saturated carbocycles. The molecular formula is C16H15F3N2O3. The number of halogens is 3. The van der Waals surface area contributed by atoms with Crippen molar-refractivity contribution in [2.75, 3.05) is 6.54 Å². The van der Waals surface area contributed by atoms with E-state index in [0.29, 0.717) is 11.3 Å². The van der Waals surface area contributed by atoms with Gasteiger partial charge in [-0.15, -0.1) is 0 Å². The second kappa shape index (κ2) is 6.27. The average Bonchev–Trinajstić information content (AvgIpc) is 3.16.